The number of benzene rings is 3. The van der Waals surface area contributed by atoms with Crippen LogP contribution in [0.5, 0.6) is 11.5 Å². The molecule has 3 N–H and O–H groups in total. The molecule has 0 radical (unpaired) electrons. The number of nitrogens with zero attached hydrogens (tertiary/aromatic N) is 4. The zero-order valence-corrected chi connectivity index (χ0v) is 27.7. The molecule has 0 saturated carbocycles. The van der Waals surface area contributed by atoms with Crippen molar-refractivity contribution in [2.45, 2.75) is 6.54 Å². The first-order valence-corrected chi connectivity index (χ1v) is 16.7. The van der Waals surface area contributed by atoms with E-state index in [4.69, 9.17) is 4.74 Å². The van der Waals surface area contributed by atoms with Gasteiger partial charge in [-0.25, -0.2) is 18.9 Å². The molecule has 12 heteroatoms. The van der Waals surface area contributed by atoms with Crippen LogP contribution in [0.3, 0.4) is 0 Å². The van der Waals surface area contributed by atoms with Gasteiger partial charge >= 0.3 is 12.1 Å². The van der Waals surface area contributed by atoms with Gasteiger partial charge in [-0.05, 0) is 55.6 Å². The second-order valence-electron chi connectivity index (χ2n) is 11.5. The Kier molecular flexibility index (Phi) is 10.6. The van der Waals surface area contributed by atoms with Gasteiger partial charge in [0.15, 0.2) is 11.6 Å². The molecule has 10 nitrogen and oxygen atoms in total. The van der Waals surface area contributed by atoms with E-state index >= 15 is 4.39 Å². The first-order chi connectivity index (χ1) is 23.4. The minimum Gasteiger partial charge on any atom is -0.453 e. The number of aromatic nitrogens is 1. The predicted octanol–water partition coefficient (Wildman–Crippen LogP) is 6.61. The van der Waals surface area contributed by atoms with Crippen molar-refractivity contribution in [1.82, 2.24) is 25.4 Å². The van der Waals surface area contributed by atoms with E-state index in [9.17, 15) is 9.59 Å². The van der Waals surface area contributed by atoms with Crippen LogP contribution in [-0.2, 0) is 6.54 Å². The highest BCUT2D eigenvalue weighted by Crippen LogP contribution is 2.40. The zero-order valence-electron chi connectivity index (χ0n) is 26.9. The van der Waals surface area contributed by atoms with Gasteiger partial charge in [0.2, 0.25) is 0 Å². The maximum absolute atomic E-state index is 15.3. The Morgan fingerprint density at radius 2 is 1.79 bits per heavy atom. The van der Waals surface area contributed by atoms with Crippen LogP contribution in [0.4, 0.5) is 25.4 Å². The number of likely N-dealkylation sites (N-methyl/N-ethyl adjacent to an activating group) is 2. The van der Waals surface area contributed by atoms with Crippen LogP contribution in [0.1, 0.15) is 5.56 Å². The highest BCUT2D eigenvalue weighted by atomic mass is 32.1. The van der Waals surface area contributed by atoms with E-state index in [2.05, 4.69) is 57.1 Å². The number of pyridine rings is 1. The molecule has 1 fully saturated rings. The van der Waals surface area contributed by atoms with Crippen LogP contribution >= 0.6 is 11.3 Å². The molecule has 48 heavy (non-hydrogen) atoms. The number of amides is 4. The number of anilines is 2. The van der Waals surface area contributed by atoms with Crippen molar-refractivity contribution >= 4 is 45.0 Å². The highest BCUT2D eigenvalue weighted by Gasteiger charge is 2.34. The normalized spacial score (nSPS) is 13.1. The number of carbonyl (C=O) groups excluding carboxylic acids is 2. The summed E-state index contributed by atoms with van der Waals surface area (Å²) in [6, 6.07) is 24.5. The molecule has 0 aliphatic carbocycles. The molecule has 0 bridgehead atoms. The van der Waals surface area contributed by atoms with Crippen molar-refractivity contribution in [1.29, 1.82) is 0 Å². The van der Waals surface area contributed by atoms with Crippen LogP contribution in [0.2, 0.25) is 0 Å². The molecule has 6 rings (SSSR count). The van der Waals surface area contributed by atoms with Gasteiger partial charge in [0.05, 0.1) is 16.8 Å². The second-order valence-corrected chi connectivity index (χ2v) is 12.6. The minimum atomic E-state index is -0.650. The second kappa shape index (κ2) is 15.3. The summed E-state index contributed by atoms with van der Waals surface area (Å²) >= 11 is 1.53. The van der Waals surface area contributed by atoms with Crippen LogP contribution < -0.4 is 25.6 Å². The lowest BCUT2D eigenvalue weighted by molar-refractivity contribution is 0.209. The van der Waals surface area contributed by atoms with Gasteiger partial charge < -0.3 is 25.6 Å². The average molecular weight is 668 g/mol. The van der Waals surface area contributed by atoms with Gasteiger partial charge in [-0.2, -0.15) is 0 Å². The summed E-state index contributed by atoms with van der Waals surface area (Å²) in [4.78, 5) is 36.2. The van der Waals surface area contributed by atoms with E-state index in [1.165, 1.54) is 33.9 Å². The molecule has 0 atom stereocenters. The number of urea groups is 2. The molecule has 2 aromatic heterocycles. The fourth-order valence-corrected chi connectivity index (χ4v) is 6.53. The largest absolute Gasteiger partial charge is 0.453 e. The Balaban J connectivity index is 1.08. The maximum atomic E-state index is 15.3. The van der Waals surface area contributed by atoms with Crippen molar-refractivity contribution in [3.8, 4) is 21.9 Å². The fourth-order valence-electron chi connectivity index (χ4n) is 5.45. The van der Waals surface area contributed by atoms with Gasteiger partial charge in [-0.3, -0.25) is 9.88 Å². The molecule has 1 aliphatic heterocycles. The summed E-state index contributed by atoms with van der Waals surface area (Å²) in [6.45, 7) is 5.27. The number of para-hydroxylation sites is 1. The van der Waals surface area contributed by atoms with Crippen LogP contribution in [-0.4, -0.2) is 80.2 Å². The van der Waals surface area contributed by atoms with Gasteiger partial charge in [-0.1, -0.05) is 42.5 Å². The third-order valence-corrected chi connectivity index (χ3v) is 9.20. The number of rotatable bonds is 13. The Labute approximate surface area is 283 Å². The molecular weight excluding hydrogens is 630 g/mol. The van der Waals surface area contributed by atoms with Gasteiger partial charge in [0.25, 0.3) is 0 Å². The third kappa shape index (κ3) is 7.80. The average Bonchev–Trinajstić information content (AvgIpc) is 3.71. The van der Waals surface area contributed by atoms with E-state index in [0.29, 0.717) is 18.0 Å². The van der Waals surface area contributed by atoms with E-state index in [1.54, 1.807) is 18.3 Å². The molecular formula is C36H38FN7O3S. The number of halogens is 1. The number of hydrogen-bond donors (Lipinski definition) is 3. The van der Waals surface area contributed by atoms with Gasteiger partial charge in [0.1, 0.15) is 5.75 Å². The molecule has 0 spiro atoms. The lowest BCUT2D eigenvalue weighted by Crippen LogP contribution is -2.39. The highest BCUT2D eigenvalue weighted by molar-refractivity contribution is 7.22. The minimum absolute atomic E-state index is 0.00801. The lowest BCUT2D eigenvalue weighted by Gasteiger charge is -2.18. The topological polar surface area (TPSA) is 102 Å². The molecule has 3 heterocycles. The van der Waals surface area contributed by atoms with Crippen LogP contribution in [0.15, 0.2) is 91.1 Å². The molecule has 1 saturated heterocycles. The lowest BCUT2D eigenvalue weighted by atomic mass is 10.1. The number of imide groups is 1. The molecule has 1 aliphatic rings. The maximum Gasteiger partial charge on any atom is 0.332 e. The zero-order chi connectivity index (χ0) is 33.5. The number of carbonyl (C=O) groups is 2. The predicted molar refractivity (Wildman–Crippen MR) is 190 cm³/mol. The monoisotopic (exact) mass is 667 g/mol. The summed E-state index contributed by atoms with van der Waals surface area (Å²) in [5.74, 6) is -0.159. The molecule has 4 amide bonds. The Bertz CT molecular complexity index is 1870. The van der Waals surface area contributed by atoms with Crippen molar-refractivity contribution in [2.75, 3.05) is 63.6 Å². The summed E-state index contributed by atoms with van der Waals surface area (Å²) in [7, 11) is 4.07. The first kappa shape index (κ1) is 33.0. The summed E-state index contributed by atoms with van der Waals surface area (Å²) < 4.78 is 22.1. The molecule has 5 aromatic rings. The van der Waals surface area contributed by atoms with Crippen LogP contribution in [0, 0.1) is 5.82 Å². The van der Waals surface area contributed by atoms with E-state index in [-0.39, 0.29) is 18.0 Å². The standard InChI is InChI=1S/C36H38FN7O3S/c1-38-16-17-39-18-19-42(2)24-25-8-10-26(11-9-25)33-23-30-34(48-33)32(14-15-40-30)47-31-13-12-27(22-29(31)37)41-35(45)44-21-20-43(36(44)46)28-6-4-3-5-7-28/h3-15,22-23,38-39H,16-21,24H2,1-2H3,(H,41,45). The SMILES string of the molecule is CNCCNCCN(C)Cc1ccc(-c2cc3nccc(Oc4ccc(NC(=O)N5CCN(c6ccccc6)C5=O)cc4F)c3s2)cc1. The number of nitrogens with one attached hydrogen (secondary N) is 3. The number of ether oxygens (including phenoxy) is 1. The van der Waals surface area contributed by atoms with Crippen molar-refractivity contribution in [3.63, 3.8) is 0 Å². The Morgan fingerprint density at radius 3 is 2.56 bits per heavy atom. The Hall–Kier alpha value is -4.88. The smallest absolute Gasteiger partial charge is 0.332 e. The number of hydrogen-bond acceptors (Lipinski definition) is 8. The quantitative estimate of drug-likeness (QED) is 0.122. The molecule has 3 aromatic carbocycles. The summed E-state index contributed by atoms with van der Waals surface area (Å²) in [6.07, 6.45) is 1.64. The number of fused-ring (bicyclic) bond motifs is 1. The van der Waals surface area contributed by atoms with Gasteiger partial charge in [0, 0.05) is 73.9 Å². The van der Waals surface area contributed by atoms with E-state index in [0.717, 1.165) is 58.3 Å². The van der Waals surface area contributed by atoms with Crippen molar-refractivity contribution in [2.24, 2.45) is 0 Å². The van der Waals surface area contributed by atoms with Crippen molar-refractivity contribution in [3.05, 3.63) is 103 Å². The first-order valence-electron chi connectivity index (χ1n) is 15.8. The third-order valence-electron chi connectivity index (χ3n) is 8.01. The van der Waals surface area contributed by atoms with E-state index < -0.39 is 17.9 Å². The summed E-state index contributed by atoms with van der Waals surface area (Å²) in [5, 5.41) is 9.19. The van der Waals surface area contributed by atoms with E-state index in [1.807, 2.05) is 43.4 Å². The molecule has 248 valence electrons. The van der Waals surface area contributed by atoms with Crippen molar-refractivity contribution < 1.29 is 18.7 Å². The van der Waals surface area contributed by atoms with Gasteiger partial charge in [-0.15, -0.1) is 11.3 Å². The number of thiophene rings is 1. The molecule has 0 unspecified atom stereocenters. The Morgan fingerprint density at radius 1 is 0.979 bits per heavy atom. The fraction of sp³-hybridized carbons (Fsp3) is 0.250. The van der Waals surface area contributed by atoms with Crippen LogP contribution in [0.25, 0.3) is 20.7 Å². The summed E-state index contributed by atoms with van der Waals surface area (Å²) in [5.41, 5.74) is 3.98.